The van der Waals surface area contributed by atoms with Crippen molar-refractivity contribution in [2.75, 3.05) is 17.4 Å². The number of anilines is 2. The average Bonchev–Trinajstić information content (AvgIpc) is 3.34. The SMILES string of the molecule is O=C(Cn1nc(C(=O)O)c2ccccc2c1=O)Nc1ccccc1C(=O)Nc1ccc2c(c1)OCO2. The summed E-state index contributed by atoms with van der Waals surface area (Å²) < 4.78 is 11.4. The smallest absolute Gasteiger partial charge is 0.357 e. The number of carboxylic acids is 1. The number of aromatic nitrogens is 2. The second-order valence-electron chi connectivity index (χ2n) is 7.78. The maximum absolute atomic E-state index is 12.9. The van der Waals surface area contributed by atoms with Crippen molar-refractivity contribution >= 4 is 39.9 Å². The molecule has 2 amide bonds. The van der Waals surface area contributed by atoms with E-state index >= 15 is 0 Å². The number of hydrogen-bond acceptors (Lipinski definition) is 7. The summed E-state index contributed by atoms with van der Waals surface area (Å²) in [5, 5.41) is 19.0. The van der Waals surface area contributed by atoms with E-state index < -0.39 is 29.9 Å². The lowest BCUT2D eigenvalue weighted by molar-refractivity contribution is -0.117. The van der Waals surface area contributed by atoms with E-state index in [-0.39, 0.29) is 34.5 Å². The fraction of sp³-hybridized carbons (Fsp3) is 0.0800. The van der Waals surface area contributed by atoms with E-state index in [1.54, 1.807) is 42.5 Å². The van der Waals surface area contributed by atoms with Gasteiger partial charge in [0, 0.05) is 17.1 Å². The van der Waals surface area contributed by atoms with E-state index in [1.165, 1.54) is 24.3 Å². The average molecular weight is 486 g/mol. The number of nitrogens with zero attached hydrogens (tertiary/aromatic N) is 2. The molecule has 1 aromatic heterocycles. The van der Waals surface area contributed by atoms with Gasteiger partial charge in [-0.1, -0.05) is 30.3 Å². The molecule has 0 aliphatic carbocycles. The van der Waals surface area contributed by atoms with Gasteiger partial charge in [-0.05, 0) is 30.3 Å². The number of fused-ring (bicyclic) bond motifs is 2. The second kappa shape index (κ2) is 9.22. The van der Waals surface area contributed by atoms with Crippen molar-refractivity contribution in [3.8, 4) is 11.5 Å². The van der Waals surface area contributed by atoms with Gasteiger partial charge in [0.1, 0.15) is 6.54 Å². The van der Waals surface area contributed by atoms with Crippen LogP contribution >= 0.6 is 0 Å². The quantitative estimate of drug-likeness (QED) is 0.377. The monoisotopic (exact) mass is 486 g/mol. The van der Waals surface area contributed by atoms with Gasteiger partial charge in [0.15, 0.2) is 17.2 Å². The highest BCUT2D eigenvalue weighted by molar-refractivity contribution is 6.10. The van der Waals surface area contributed by atoms with Crippen molar-refractivity contribution < 1.29 is 29.0 Å². The summed E-state index contributed by atoms with van der Waals surface area (Å²) >= 11 is 0. The predicted molar refractivity (Wildman–Crippen MR) is 129 cm³/mol. The van der Waals surface area contributed by atoms with Crippen LogP contribution in [0.5, 0.6) is 11.5 Å². The molecule has 1 aliphatic heterocycles. The molecule has 36 heavy (non-hydrogen) atoms. The number of hydrogen-bond donors (Lipinski definition) is 3. The van der Waals surface area contributed by atoms with Crippen LogP contribution in [0.1, 0.15) is 20.8 Å². The number of ether oxygens (including phenoxy) is 2. The molecule has 0 unspecified atom stereocenters. The van der Waals surface area contributed by atoms with Crippen LogP contribution in [0.4, 0.5) is 11.4 Å². The number of nitrogens with one attached hydrogen (secondary N) is 2. The van der Waals surface area contributed by atoms with Crippen LogP contribution in [0, 0.1) is 0 Å². The molecule has 3 N–H and O–H groups in total. The Morgan fingerprint density at radius 3 is 2.44 bits per heavy atom. The van der Waals surface area contributed by atoms with Crippen LogP contribution in [-0.2, 0) is 11.3 Å². The fourth-order valence-electron chi connectivity index (χ4n) is 3.79. The molecule has 5 rings (SSSR count). The Kier molecular flexibility index (Phi) is 5.79. The molecule has 180 valence electrons. The predicted octanol–water partition coefficient (Wildman–Crippen LogP) is 2.71. The highest BCUT2D eigenvalue weighted by Gasteiger charge is 2.19. The van der Waals surface area contributed by atoms with Crippen molar-refractivity contribution in [3.63, 3.8) is 0 Å². The van der Waals surface area contributed by atoms with Gasteiger partial charge in [-0.2, -0.15) is 5.10 Å². The molecule has 11 nitrogen and oxygen atoms in total. The highest BCUT2D eigenvalue weighted by atomic mass is 16.7. The summed E-state index contributed by atoms with van der Waals surface area (Å²) in [6.45, 7) is -0.452. The van der Waals surface area contributed by atoms with Crippen molar-refractivity contribution in [3.05, 3.63) is 88.3 Å². The third-order valence-corrected chi connectivity index (χ3v) is 5.44. The molecule has 0 radical (unpaired) electrons. The van der Waals surface area contributed by atoms with Crippen LogP contribution in [0.3, 0.4) is 0 Å². The minimum Gasteiger partial charge on any atom is -0.476 e. The normalized spacial score (nSPS) is 11.8. The van der Waals surface area contributed by atoms with E-state index in [2.05, 4.69) is 15.7 Å². The summed E-state index contributed by atoms with van der Waals surface area (Å²) in [7, 11) is 0. The number of aromatic carboxylic acids is 1. The number of rotatable bonds is 6. The Balaban J connectivity index is 1.37. The molecule has 0 atom stereocenters. The number of carbonyl (C=O) groups excluding carboxylic acids is 2. The van der Waals surface area contributed by atoms with Crippen molar-refractivity contribution in [1.82, 2.24) is 9.78 Å². The summed E-state index contributed by atoms with van der Waals surface area (Å²) in [6.07, 6.45) is 0. The zero-order valence-corrected chi connectivity index (χ0v) is 18.6. The molecule has 0 saturated carbocycles. The summed E-state index contributed by atoms with van der Waals surface area (Å²) in [5.74, 6) is -1.41. The van der Waals surface area contributed by atoms with Crippen molar-refractivity contribution in [2.45, 2.75) is 6.54 Å². The van der Waals surface area contributed by atoms with Gasteiger partial charge in [-0.25, -0.2) is 9.48 Å². The number of carboxylic acid groups (broad SMARTS) is 1. The Morgan fingerprint density at radius 2 is 1.64 bits per heavy atom. The first-order valence-electron chi connectivity index (χ1n) is 10.7. The van der Waals surface area contributed by atoms with Crippen LogP contribution < -0.4 is 25.7 Å². The van der Waals surface area contributed by atoms with Gasteiger partial charge in [0.2, 0.25) is 12.7 Å². The van der Waals surface area contributed by atoms with Crippen molar-refractivity contribution in [1.29, 1.82) is 0 Å². The van der Waals surface area contributed by atoms with Crippen LogP contribution in [0.25, 0.3) is 10.8 Å². The number of amides is 2. The molecule has 0 fully saturated rings. The minimum atomic E-state index is -1.33. The third kappa shape index (κ3) is 4.32. The van der Waals surface area contributed by atoms with Gasteiger partial charge in [-0.3, -0.25) is 14.4 Å². The molecule has 0 saturated heterocycles. The molecule has 11 heteroatoms. The molecule has 4 aromatic rings. The molecule has 1 aliphatic rings. The van der Waals surface area contributed by atoms with Gasteiger partial charge >= 0.3 is 5.97 Å². The summed E-state index contributed by atoms with van der Waals surface area (Å²) in [6, 6.07) is 17.4. The lowest BCUT2D eigenvalue weighted by Crippen LogP contribution is -2.31. The first kappa shape index (κ1) is 22.6. The topological polar surface area (TPSA) is 149 Å². The fourth-order valence-corrected chi connectivity index (χ4v) is 3.79. The molecular weight excluding hydrogens is 468 g/mol. The molecule has 0 spiro atoms. The van der Waals surface area contributed by atoms with Gasteiger partial charge < -0.3 is 25.2 Å². The zero-order valence-electron chi connectivity index (χ0n) is 18.6. The number of para-hydroxylation sites is 1. The van der Waals surface area contributed by atoms with E-state index in [1.807, 2.05) is 0 Å². The highest BCUT2D eigenvalue weighted by Crippen LogP contribution is 2.34. The molecular formula is C25H18N4O7. The summed E-state index contributed by atoms with van der Waals surface area (Å²) in [4.78, 5) is 50.2. The van der Waals surface area contributed by atoms with Gasteiger partial charge in [0.05, 0.1) is 16.6 Å². The largest absolute Gasteiger partial charge is 0.476 e. The van der Waals surface area contributed by atoms with E-state index in [9.17, 15) is 24.3 Å². The van der Waals surface area contributed by atoms with E-state index in [4.69, 9.17) is 9.47 Å². The first-order chi connectivity index (χ1) is 17.4. The van der Waals surface area contributed by atoms with Crippen LogP contribution in [0.2, 0.25) is 0 Å². The number of carbonyl (C=O) groups is 3. The Morgan fingerprint density at radius 1 is 0.917 bits per heavy atom. The van der Waals surface area contributed by atoms with Crippen LogP contribution in [-0.4, -0.2) is 39.5 Å². The molecule has 3 aromatic carbocycles. The Bertz CT molecular complexity index is 1600. The lowest BCUT2D eigenvalue weighted by Gasteiger charge is -2.13. The lowest BCUT2D eigenvalue weighted by atomic mass is 10.1. The van der Waals surface area contributed by atoms with Crippen molar-refractivity contribution in [2.24, 2.45) is 0 Å². The second-order valence-corrected chi connectivity index (χ2v) is 7.78. The Hall–Kier alpha value is -5.19. The van der Waals surface area contributed by atoms with E-state index in [0.29, 0.717) is 17.2 Å². The molecule has 2 heterocycles. The van der Waals surface area contributed by atoms with Gasteiger partial charge in [-0.15, -0.1) is 0 Å². The minimum absolute atomic E-state index is 0.102. The molecule has 0 bridgehead atoms. The third-order valence-electron chi connectivity index (χ3n) is 5.44. The van der Waals surface area contributed by atoms with E-state index in [0.717, 1.165) is 4.68 Å². The maximum atomic E-state index is 12.9. The Labute approximate surface area is 202 Å². The van der Waals surface area contributed by atoms with Crippen LogP contribution in [0.15, 0.2) is 71.5 Å². The number of benzene rings is 3. The van der Waals surface area contributed by atoms with Gasteiger partial charge in [0.25, 0.3) is 11.5 Å². The summed E-state index contributed by atoms with van der Waals surface area (Å²) in [5.41, 5.74) is -0.110. The first-order valence-corrected chi connectivity index (χ1v) is 10.7. The maximum Gasteiger partial charge on any atom is 0.357 e. The standard InChI is InChI=1S/C25H18N4O7/c30-21(12-29-24(32)16-6-2-1-5-15(16)22(28-29)25(33)34)27-18-8-4-3-7-17(18)23(31)26-14-9-10-19-20(11-14)36-13-35-19/h1-11H,12-13H2,(H,26,31)(H,27,30)(H,33,34). The zero-order chi connectivity index (χ0) is 25.2.